The number of ether oxygens (including phenoxy) is 2. The van der Waals surface area contributed by atoms with Gasteiger partial charge in [-0.3, -0.25) is 9.59 Å². The molecule has 1 aromatic carbocycles. The summed E-state index contributed by atoms with van der Waals surface area (Å²) in [6.07, 6.45) is 4.55. The highest BCUT2D eigenvalue weighted by Crippen LogP contribution is 2.28. The van der Waals surface area contributed by atoms with Crippen LogP contribution in [0, 0.1) is 5.92 Å². The number of hydrogen-bond acceptors (Lipinski definition) is 7. The molecule has 2 amide bonds. The first-order valence-electron chi connectivity index (χ1n) is 9.17. The molecular formula is C19H29N3O5. The second-order valence-corrected chi connectivity index (χ2v) is 6.93. The monoisotopic (exact) mass is 379 g/mol. The molecule has 1 fully saturated rings. The van der Waals surface area contributed by atoms with Crippen LogP contribution in [0.3, 0.4) is 0 Å². The Morgan fingerprint density at radius 3 is 2.48 bits per heavy atom. The number of aliphatic hydroxyl groups excluding tert-OH is 1. The summed E-state index contributed by atoms with van der Waals surface area (Å²) >= 11 is 0. The third-order valence-electron chi connectivity index (χ3n) is 5.08. The third-order valence-corrected chi connectivity index (χ3v) is 5.08. The number of aliphatic hydroxyl groups is 1. The zero-order valence-corrected chi connectivity index (χ0v) is 15.9. The van der Waals surface area contributed by atoms with Gasteiger partial charge in [0.15, 0.2) is 0 Å². The molecule has 0 saturated heterocycles. The van der Waals surface area contributed by atoms with E-state index < -0.39 is 24.0 Å². The normalized spacial score (nSPS) is 17.1. The van der Waals surface area contributed by atoms with E-state index in [0.717, 1.165) is 25.7 Å². The van der Waals surface area contributed by atoms with Crippen LogP contribution in [0.4, 0.5) is 0 Å². The largest absolute Gasteiger partial charge is 0.497 e. The Bertz CT molecular complexity index is 661. The number of hydrazine groups is 1. The molecule has 0 aliphatic heterocycles. The van der Waals surface area contributed by atoms with Gasteiger partial charge in [-0.15, -0.1) is 0 Å². The lowest BCUT2D eigenvalue weighted by atomic mass is 9.84. The SMILES string of the molecule is COc1ccc(OC)c(C(=O)N(N)C(=O)C(O)[C@H](N)CC2CCCCC2)c1. The predicted octanol–water partition coefficient (Wildman–Crippen LogP) is 1.20. The van der Waals surface area contributed by atoms with Gasteiger partial charge >= 0.3 is 0 Å². The second kappa shape index (κ2) is 9.68. The van der Waals surface area contributed by atoms with Crippen LogP contribution >= 0.6 is 0 Å². The molecule has 2 atom stereocenters. The number of hydrogen-bond donors (Lipinski definition) is 3. The maximum absolute atomic E-state index is 12.6. The summed E-state index contributed by atoms with van der Waals surface area (Å²) in [4.78, 5) is 25.1. The van der Waals surface area contributed by atoms with E-state index in [4.69, 9.17) is 21.1 Å². The molecule has 5 N–H and O–H groups in total. The molecule has 8 nitrogen and oxygen atoms in total. The molecule has 0 spiro atoms. The minimum Gasteiger partial charge on any atom is -0.497 e. The number of carbonyl (C=O) groups excluding carboxylic acids is 2. The summed E-state index contributed by atoms with van der Waals surface area (Å²) in [5, 5.41) is 10.7. The molecule has 0 heterocycles. The Labute approximate surface area is 159 Å². The molecule has 1 aliphatic rings. The van der Waals surface area contributed by atoms with Gasteiger partial charge in [0, 0.05) is 6.04 Å². The molecular weight excluding hydrogens is 350 g/mol. The maximum atomic E-state index is 12.6. The van der Waals surface area contributed by atoms with Crippen molar-refractivity contribution in [3.8, 4) is 11.5 Å². The van der Waals surface area contributed by atoms with E-state index in [-0.39, 0.29) is 11.3 Å². The Hall–Kier alpha value is -2.16. The van der Waals surface area contributed by atoms with Crippen molar-refractivity contribution in [3.63, 3.8) is 0 Å². The van der Waals surface area contributed by atoms with E-state index in [0.29, 0.717) is 23.1 Å². The Kier molecular flexibility index (Phi) is 7.58. The molecule has 8 heteroatoms. The first-order chi connectivity index (χ1) is 12.9. The van der Waals surface area contributed by atoms with Gasteiger partial charge in [0.25, 0.3) is 11.8 Å². The maximum Gasteiger partial charge on any atom is 0.278 e. The van der Waals surface area contributed by atoms with Gasteiger partial charge in [-0.1, -0.05) is 32.1 Å². The average Bonchev–Trinajstić information content (AvgIpc) is 2.71. The van der Waals surface area contributed by atoms with Crippen molar-refractivity contribution < 1.29 is 24.2 Å². The Morgan fingerprint density at radius 1 is 1.22 bits per heavy atom. The summed E-state index contributed by atoms with van der Waals surface area (Å²) in [5.41, 5.74) is 6.07. The summed E-state index contributed by atoms with van der Waals surface area (Å²) < 4.78 is 10.2. The van der Waals surface area contributed by atoms with Gasteiger partial charge in [-0.05, 0) is 30.5 Å². The van der Waals surface area contributed by atoms with Crippen LogP contribution in [-0.4, -0.2) is 48.3 Å². The molecule has 0 aromatic heterocycles. The lowest BCUT2D eigenvalue weighted by Gasteiger charge is -2.28. The number of nitrogens with zero attached hydrogens (tertiary/aromatic N) is 1. The molecule has 0 radical (unpaired) electrons. The average molecular weight is 379 g/mol. The number of amides is 2. The molecule has 150 valence electrons. The van der Waals surface area contributed by atoms with Crippen LogP contribution in [0.2, 0.25) is 0 Å². The summed E-state index contributed by atoms with van der Waals surface area (Å²) in [6.45, 7) is 0. The van der Waals surface area contributed by atoms with E-state index in [1.807, 2.05) is 0 Å². The van der Waals surface area contributed by atoms with Crippen molar-refractivity contribution in [2.75, 3.05) is 14.2 Å². The quantitative estimate of drug-likeness (QED) is 0.369. The van der Waals surface area contributed by atoms with Crippen LogP contribution < -0.4 is 21.1 Å². The van der Waals surface area contributed by atoms with Crippen LogP contribution in [0.1, 0.15) is 48.9 Å². The first-order valence-corrected chi connectivity index (χ1v) is 9.17. The fourth-order valence-electron chi connectivity index (χ4n) is 3.47. The van der Waals surface area contributed by atoms with Crippen LogP contribution in [0.15, 0.2) is 18.2 Å². The Balaban J connectivity index is 2.07. The number of benzene rings is 1. The fraction of sp³-hybridized carbons (Fsp3) is 0.579. The van der Waals surface area contributed by atoms with Crippen molar-refractivity contribution >= 4 is 11.8 Å². The number of methoxy groups -OCH3 is 2. The van der Waals surface area contributed by atoms with Gasteiger partial charge in [0.05, 0.1) is 19.8 Å². The van der Waals surface area contributed by atoms with E-state index in [1.54, 1.807) is 6.07 Å². The number of rotatable bonds is 7. The summed E-state index contributed by atoms with van der Waals surface area (Å²) in [6, 6.07) is 3.80. The van der Waals surface area contributed by atoms with Gasteiger partial charge in [0.2, 0.25) is 0 Å². The molecule has 1 saturated carbocycles. The van der Waals surface area contributed by atoms with Crippen molar-refractivity contribution in [3.05, 3.63) is 23.8 Å². The molecule has 1 unspecified atom stereocenters. The molecule has 1 aromatic rings. The minimum atomic E-state index is -1.54. The molecule has 1 aliphatic carbocycles. The number of carbonyl (C=O) groups is 2. The Morgan fingerprint density at radius 2 is 1.89 bits per heavy atom. The second-order valence-electron chi connectivity index (χ2n) is 6.93. The fourth-order valence-corrected chi connectivity index (χ4v) is 3.47. The molecule has 0 bridgehead atoms. The molecule has 2 rings (SSSR count). The first kappa shape index (κ1) is 21.1. The highest BCUT2D eigenvalue weighted by atomic mass is 16.5. The van der Waals surface area contributed by atoms with Crippen LogP contribution in [0.25, 0.3) is 0 Å². The van der Waals surface area contributed by atoms with Crippen molar-refractivity contribution in [2.24, 2.45) is 17.5 Å². The predicted molar refractivity (Wildman–Crippen MR) is 100 cm³/mol. The number of imide groups is 1. The zero-order chi connectivity index (χ0) is 20.0. The highest BCUT2D eigenvalue weighted by Gasteiger charge is 2.33. The smallest absolute Gasteiger partial charge is 0.278 e. The van der Waals surface area contributed by atoms with Crippen LogP contribution in [-0.2, 0) is 4.79 Å². The summed E-state index contributed by atoms with van der Waals surface area (Å²) in [5.74, 6) is 5.00. The lowest BCUT2D eigenvalue weighted by Crippen LogP contribution is -2.53. The minimum absolute atomic E-state index is 0.0563. The van der Waals surface area contributed by atoms with Crippen molar-refractivity contribution in [2.45, 2.75) is 50.7 Å². The standard InChI is InChI=1S/C19H29N3O5/c1-26-13-8-9-16(27-2)14(11-13)18(24)22(21)19(25)17(23)15(20)10-12-6-4-3-5-7-12/h8-9,11-12,15,17,23H,3-7,10,20-21H2,1-2H3/t15-,17?/m1/s1. The molecule has 27 heavy (non-hydrogen) atoms. The van der Waals surface area contributed by atoms with Crippen LogP contribution in [0.5, 0.6) is 11.5 Å². The van der Waals surface area contributed by atoms with Gasteiger partial charge in [-0.2, -0.15) is 0 Å². The highest BCUT2D eigenvalue weighted by molar-refractivity contribution is 6.07. The summed E-state index contributed by atoms with van der Waals surface area (Å²) in [7, 11) is 2.85. The van der Waals surface area contributed by atoms with Crippen molar-refractivity contribution in [1.82, 2.24) is 5.01 Å². The van der Waals surface area contributed by atoms with Gasteiger partial charge < -0.3 is 20.3 Å². The lowest BCUT2D eigenvalue weighted by molar-refractivity contribution is -0.139. The topological polar surface area (TPSA) is 128 Å². The van der Waals surface area contributed by atoms with E-state index >= 15 is 0 Å². The van der Waals surface area contributed by atoms with Crippen molar-refractivity contribution in [1.29, 1.82) is 0 Å². The zero-order valence-electron chi connectivity index (χ0n) is 15.9. The van der Waals surface area contributed by atoms with Gasteiger partial charge in [-0.25, -0.2) is 10.9 Å². The van der Waals surface area contributed by atoms with E-state index in [9.17, 15) is 14.7 Å². The van der Waals surface area contributed by atoms with E-state index in [2.05, 4.69) is 0 Å². The number of nitrogens with two attached hydrogens (primary N) is 2. The van der Waals surface area contributed by atoms with E-state index in [1.165, 1.54) is 32.8 Å². The van der Waals surface area contributed by atoms with Gasteiger partial charge in [0.1, 0.15) is 17.6 Å². The third kappa shape index (κ3) is 5.18.